The first-order valence-electron chi connectivity index (χ1n) is 8.75. The van der Waals surface area contributed by atoms with Gasteiger partial charge in [-0.25, -0.2) is 4.39 Å². The van der Waals surface area contributed by atoms with Crippen molar-refractivity contribution < 1.29 is 23.9 Å². The molecule has 0 radical (unpaired) electrons. The summed E-state index contributed by atoms with van der Waals surface area (Å²) in [6, 6.07) is 3.93. The van der Waals surface area contributed by atoms with Crippen LogP contribution >= 0.6 is 0 Å². The van der Waals surface area contributed by atoms with Crippen LogP contribution in [0.15, 0.2) is 18.2 Å². The Morgan fingerprint density at radius 2 is 2.32 bits per heavy atom. The van der Waals surface area contributed by atoms with Crippen LogP contribution in [0.25, 0.3) is 0 Å². The van der Waals surface area contributed by atoms with Crippen molar-refractivity contribution in [3.05, 3.63) is 29.6 Å². The largest absolute Gasteiger partial charge is 0.496 e. The summed E-state index contributed by atoms with van der Waals surface area (Å²) in [5, 5.41) is 14.4. The Kier molecular flexibility index (Phi) is 5.88. The van der Waals surface area contributed by atoms with Gasteiger partial charge in [0.25, 0.3) is 0 Å². The Balaban J connectivity index is 1.69. The van der Waals surface area contributed by atoms with Crippen LogP contribution in [0, 0.1) is 11.7 Å². The van der Waals surface area contributed by atoms with Crippen molar-refractivity contribution in [2.75, 3.05) is 26.8 Å². The van der Waals surface area contributed by atoms with Gasteiger partial charge in [0, 0.05) is 25.1 Å². The normalized spacial score (nSPS) is 24.6. The maximum Gasteiger partial charge on any atom is 0.221 e. The minimum Gasteiger partial charge on any atom is -0.496 e. The molecule has 2 N–H and O–H groups in total. The van der Waals surface area contributed by atoms with E-state index < -0.39 is 0 Å². The van der Waals surface area contributed by atoms with Crippen molar-refractivity contribution in [1.82, 2.24) is 10.4 Å². The standard InChI is InChI=1S/C18H25FN2O4/c1-24-16-4-3-13(19)11-15(16)18(12-9-14(22)10-12)20-17(23)5-7-21-6-2-8-25-21/h3-4,11-12,14,18,22H,2,5-10H2,1H3,(H,20,23)/t12?,14?,18-/m0/s1. The van der Waals surface area contributed by atoms with Crippen molar-refractivity contribution in [3.63, 3.8) is 0 Å². The Morgan fingerprint density at radius 3 is 2.96 bits per heavy atom. The zero-order valence-corrected chi connectivity index (χ0v) is 14.4. The number of halogens is 1. The average molecular weight is 352 g/mol. The average Bonchev–Trinajstić information content (AvgIpc) is 3.09. The fourth-order valence-electron chi connectivity index (χ4n) is 3.45. The molecule has 1 aliphatic heterocycles. The third-order valence-electron chi connectivity index (χ3n) is 4.88. The number of hydroxylamine groups is 2. The van der Waals surface area contributed by atoms with E-state index in [1.807, 2.05) is 0 Å². The number of rotatable bonds is 7. The summed E-state index contributed by atoms with van der Waals surface area (Å²) in [6.45, 7) is 2.07. The molecule has 3 rings (SSSR count). The molecule has 1 heterocycles. The summed E-state index contributed by atoms with van der Waals surface area (Å²) in [4.78, 5) is 17.8. The van der Waals surface area contributed by atoms with E-state index in [1.54, 1.807) is 11.1 Å². The van der Waals surface area contributed by atoms with E-state index in [0.717, 1.165) is 13.0 Å². The van der Waals surface area contributed by atoms with E-state index in [2.05, 4.69) is 5.32 Å². The third kappa shape index (κ3) is 4.48. The number of aliphatic hydroxyl groups is 1. The Hall–Kier alpha value is -1.70. The number of aliphatic hydroxyl groups excluding tert-OH is 1. The van der Waals surface area contributed by atoms with Crippen LogP contribution in [-0.2, 0) is 9.63 Å². The van der Waals surface area contributed by atoms with E-state index in [1.165, 1.54) is 19.2 Å². The summed E-state index contributed by atoms with van der Waals surface area (Å²) in [5.41, 5.74) is 0.616. The lowest BCUT2D eigenvalue weighted by atomic mass is 9.74. The van der Waals surface area contributed by atoms with Gasteiger partial charge in [0.1, 0.15) is 11.6 Å². The summed E-state index contributed by atoms with van der Waals surface area (Å²) in [7, 11) is 1.52. The second-order valence-electron chi connectivity index (χ2n) is 6.68. The summed E-state index contributed by atoms with van der Waals surface area (Å²) < 4.78 is 19.1. The molecule has 1 aromatic rings. The minimum atomic E-state index is -0.375. The first kappa shape index (κ1) is 18.1. The van der Waals surface area contributed by atoms with Gasteiger partial charge < -0.3 is 15.2 Å². The third-order valence-corrected chi connectivity index (χ3v) is 4.88. The molecular formula is C18H25FN2O4. The molecule has 1 aliphatic carbocycles. The molecule has 1 amide bonds. The number of ether oxygens (including phenoxy) is 1. The molecular weight excluding hydrogens is 327 g/mol. The van der Waals surface area contributed by atoms with Crippen LogP contribution in [0.1, 0.15) is 37.3 Å². The summed E-state index contributed by atoms with van der Waals surface area (Å²) in [6.07, 6.45) is 2.09. The molecule has 1 atom stereocenters. The second kappa shape index (κ2) is 8.12. The van der Waals surface area contributed by atoms with E-state index in [-0.39, 0.29) is 29.8 Å². The SMILES string of the molecule is COc1ccc(F)cc1[C@@H](NC(=O)CCN1CCCO1)C1CC(O)C1. The van der Waals surface area contributed by atoms with Crippen LogP contribution in [0.2, 0.25) is 0 Å². The highest BCUT2D eigenvalue weighted by atomic mass is 19.1. The molecule has 1 aromatic carbocycles. The molecule has 7 heteroatoms. The number of carbonyl (C=O) groups is 1. The molecule has 0 unspecified atom stereocenters. The smallest absolute Gasteiger partial charge is 0.221 e. The van der Waals surface area contributed by atoms with Gasteiger partial charge >= 0.3 is 0 Å². The number of hydrogen-bond donors (Lipinski definition) is 2. The lowest BCUT2D eigenvalue weighted by Gasteiger charge is -2.38. The molecule has 6 nitrogen and oxygen atoms in total. The maximum absolute atomic E-state index is 13.8. The van der Waals surface area contributed by atoms with Gasteiger partial charge in [0.2, 0.25) is 5.91 Å². The number of nitrogens with zero attached hydrogens (tertiary/aromatic N) is 1. The lowest BCUT2D eigenvalue weighted by Crippen LogP contribution is -2.42. The van der Waals surface area contributed by atoms with Gasteiger partial charge in [0.15, 0.2) is 0 Å². The minimum absolute atomic E-state index is 0.0673. The van der Waals surface area contributed by atoms with Crippen LogP contribution in [0.4, 0.5) is 4.39 Å². The number of carbonyl (C=O) groups excluding carboxylic acids is 1. The summed E-state index contributed by atoms with van der Waals surface area (Å²) in [5.74, 6) is 0.113. The van der Waals surface area contributed by atoms with E-state index in [9.17, 15) is 14.3 Å². The second-order valence-corrected chi connectivity index (χ2v) is 6.68. The van der Waals surface area contributed by atoms with Crippen LogP contribution in [0.5, 0.6) is 5.75 Å². The predicted octanol–water partition coefficient (Wildman–Crippen LogP) is 1.79. The maximum atomic E-state index is 13.8. The highest BCUT2D eigenvalue weighted by molar-refractivity contribution is 5.76. The van der Waals surface area contributed by atoms with Crippen molar-refractivity contribution >= 4 is 5.91 Å². The highest BCUT2D eigenvalue weighted by Gasteiger charge is 2.37. The fourth-order valence-corrected chi connectivity index (χ4v) is 3.45. The fraction of sp³-hybridized carbons (Fsp3) is 0.611. The lowest BCUT2D eigenvalue weighted by molar-refractivity contribution is -0.131. The highest BCUT2D eigenvalue weighted by Crippen LogP contribution is 2.41. The van der Waals surface area contributed by atoms with Crippen molar-refractivity contribution in [1.29, 1.82) is 0 Å². The Labute approximate surface area is 146 Å². The number of nitrogens with one attached hydrogen (secondary N) is 1. The van der Waals surface area contributed by atoms with E-state index >= 15 is 0 Å². The van der Waals surface area contributed by atoms with Crippen LogP contribution in [-0.4, -0.2) is 49.0 Å². The zero-order valence-electron chi connectivity index (χ0n) is 14.4. The number of amides is 1. The molecule has 25 heavy (non-hydrogen) atoms. The first-order valence-corrected chi connectivity index (χ1v) is 8.75. The predicted molar refractivity (Wildman–Crippen MR) is 89.3 cm³/mol. The van der Waals surface area contributed by atoms with Gasteiger partial charge in [-0.05, 0) is 43.4 Å². The van der Waals surface area contributed by atoms with Gasteiger partial charge in [-0.15, -0.1) is 0 Å². The molecule has 0 aromatic heterocycles. The Morgan fingerprint density at radius 1 is 1.52 bits per heavy atom. The monoisotopic (exact) mass is 352 g/mol. The molecule has 138 valence electrons. The van der Waals surface area contributed by atoms with Crippen LogP contribution in [0.3, 0.4) is 0 Å². The topological polar surface area (TPSA) is 71.0 Å². The van der Waals surface area contributed by atoms with Crippen molar-refractivity contribution in [3.8, 4) is 5.75 Å². The molecule has 0 bridgehead atoms. The molecule has 1 saturated heterocycles. The quantitative estimate of drug-likeness (QED) is 0.783. The number of methoxy groups -OCH3 is 1. The van der Waals surface area contributed by atoms with Gasteiger partial charge in [-0.1, -0.05) is 0 Å². The van der Waals surface area contributed by atoms with Crippen molar-refractivity contribution in [2.45, 2.75) is 37.8 Å². The van der Waals surface area contributed by atoms with E-state index in [4.69, 9.17) is 9.57 Å². The van der Waals surface area contributed by atoms with Gasteiger partial charge in [0.05, 0.1) is 25.9 Å². The van der Waals surface area contributed by atoms with E-state index in [0.29, 0.717) is 43.7 Å². The zero-order chi connectivity index (χ0) is 17.8. The van der Waals surface area contributed by atoms with Gasteiger partial charge in [-0.2, -0.15) is 5.06 Å². The summed E-state index contributed by atoms with van der Waals surface area (Å²) >= 11 is 0. The molecule has 0 spiro atoms. The number of benzene rings is 1. The van der Waals surface area contributed by atoms with Crippen molar-refractivity contribution in [2.24, 2.45) is 5.92 Å². The molecule has 1 saturated carbocycles. The van der Waals surface area contributed by atoms with Crippen LogP contribution < -0.4 is 10.1 Å². The first-order chi connectivity index (χ1) is 12.1. The molecule has 2 aliphatic rings. The van der Waals surface area contributed by atoms with Gasteiger partial charge in [-0.3, -0.25) is 9.63 Å². The molecule has 2 fully saturated rings. The number of hydrogen-bond acceptors (Lipinski definition) is 5. The Bertz CT molecular complexity index is 601.